The fourth-order valence-electron chi connectivity index (χ4n) is 3.51. The van der Waals surface area contributed by atoms with Crippen molar-refractivity contribution in [2.24, 2.45) is 5.92 Å². The van der Waals surface area contributed by atoms with Crippen molar-refractivity contribution in [1.29, 1.82) is 0 Å². The second-order valence-corrected chi connectivity index (χ2v) is 9.77. The summed E-state index contributed by atoms with van der Waals surface area (Å²) in [7, 11) is 0. The van der Waals surface area contributed by atoms with E-state index in [0.717, 1.165) is 29.0 Å². The van der Waals surface area contributed by atoms with Gasteiger partial charge >= 0.3 is 12.3 Å². The molecule has 0 aliphatic heterocycles. The zero-order valence-corrected chi connectivity index (χ0v) is 22.5. The van der Waals surface area contributed by atoms with Gasteiger partial charge in [-0.3, -0.25) is 4.72 Å². The van der Waals surface area contributed by atoms with Gasteiger partial charge in [-0.1, -0.05) is 0 Å². The van der Waals surface area contributed by atoms with Gasteiger partial charge in [0, 0.05) is 35.1 Å². The van der Waals surface area contributed by atoms with E-state index in [1.54, 1.807) is 30.6 Å². The van der Waals surface area contributed by atoms with Crippen molar-refractivity contribution in [3.8, 4) is 0 Å². The lowest BCUT2D eigenvalue weighted by molar-refractivity contribution is -0.138. The van der Waals surface area contributed by atoms with Crippen LogP contribution in [-0.2, 0) is 4.74 Å². The maximum atomic E-state index is 12.3. The maximum Gasteiger partial charge on any atom is 0.407 e. The van der Waals surface area contributed by atoms with E-state index in [9.17, 15) is 18.0 Å². The molecule has 1 aromatic carbocycles. The SMILES string of the molecule is CC(C)NSc1ccc(Nc2ncc(C3CC(COC(=O)NC(C)CC(F)(F)F)C3)cn2)cc1.CS. The molecule has 1 heterocycles. The fraction of sp³-hybridized carbons (Fsp3) is 0.542. The summed E-state index contributed by atoms with van der Waals surface area (Å²) in [5.41, 5.74) is 1.90. The summed E-state index contributed by atoms with van der Waals surface area (Å²) in [6, 6.07) is 7.35. The van der Waals surface area contributed by atoms with Crippen LogP contribution in [0.2, 0.25) is 0 Å². The van der Waals surface area contributed by atoms with Crippen molar-refractivity contribution >= 4 is 42.3 Å². The Kier molecular flexibility index (Phi) is 12.1. The van der Waals surface area contributed by atoms with Gasteiger partial charge in [-0.2, -0.15) is 25.8 Å². The topological polar surface area (TPSA) is 88.2 Å². The van der Waals surface area contributed by atoms with E-state index < -0.39 is 24.7 Å². The van der Waals surface area contributed by atoms with Crippen LogP contribution in [0, 0.1) is 5.92 Å². The van der Waals surface area contributed by atoms with E-state index in [4.69, 9.17) is 4.74 Å². The molecule has 7 nitrogen and oxygen atoms in total. The molecule has 3 rings (SSSR count). The summed E-state index contributed by atoms with van der Waals surface area (Å²) >= 11 is 5.11. The summed E-state index contributed by atoms with van der Waals surface area (Å²) in [5.74, 6) is 0.959. The van der Waals surface area contributed by atoms with Crippen LogP contribution in [-0.4, -0.2) is 47.2 Å². The quantitative estimate of drug-likeness (QED) is 0.205. The van der Waals surface area contributed by atoms with Gasteiger partial charge in [0.05, 0.1) is 13.0 Å². The average molecular weight is 546 g/mol. The van der Waals surface area contributed by atoms with E-state index >= 15 is 0 Å². The van der Waals surface area contributed by atoms with Crippen LogP contribution in [0.4, 0.5) is 29.6 Å². The van der Waals surface area contributed by atoms with Crippen LogP contribution >= 0.6 is 24.6 Å². The highest BCUT2D eigenvalue weighted by Gasteiger charge is 2.33. The Labute approximate surface area is 220 Å². The standard InChI is InChI=1S/C23H30F3N5O2S.CH4S/c1-14(2)31-34-20-6-4-19(5-7-20)30-21-27-11-18(12-28-21)17-8-16(9-17)13-33-22(32)29-15(3)10-23(24,25)26;1-2/h4-7,11-12,14-17,31H,8-10,13H2,1-3H3,(H,29,32)(H,27,28,30);2H,1H3. The maximum absolute atomic E-state index is 12.3. The predicted octanol–water partition coefficient (Wildman–Crippen LogP) is 6.33. The van der Waals surface area contributed by atoms with Gasteiger partial charge in [0.15, 0.2) is 0 Å². The number of alkyl halides is 3. The number of amides is 1. The van der Waals surface area contributed by atoms with Crippen LogP contribution in [0.15, 0.2) is 41.6 Å². The molecule has 1 fully saturated rings. The first-order valence-corrected chi connectivity index (χ1v) is 13.3. The van der Waals surface area contributed by atoms with Crippen molar-refractivity contribution in [3.63, 3.8) is 0 Å². The lowest BCUT2D eigenvalue weighted by atomic mass is 9.72. The normalized spacial score (nSPS) is 17.9. The third-order valence-corrected chi connectivity index (χ3v) is 6.35. The van der Waals surface area contributed by atoms with Crippen molar-refractivity contribution in [2.75, 3.05) is 18.2 Å². The first-order chi connectivity index (χ1) is 17.1. The molecule has 0 saturated heterocycles. The average Bonchev–Trinajstić information content (AvgIpc) is 2.78. The smallest absolute Gasteiger partial charge is 0.407 e. The van der Waals surface area contributed by atoms with Crippen LogP contribution < -0.4 is 15.4 Å². The first kappa shape index (κ1) is 30.0. The monoisotopic (exact) mass is 545 g/mol. The predicted molar refractivity (Wildman–Crippen MR) is 141 cm³/mol. The summed E-state index contributed by atoms with van der Waals surface area (Å²) < 4.78 is 45.3. The van der Waals surface area contributed by atoms with Gasteiger partial charge in [-0.15, -0.1) is 0 Å². The molecule has 1 aliphatic carbocycles. The molecule has 0 bridgehead atoms. The number of benzene rings is 1. The van der Waals surface area contributed by atoms with Crippen LogP contribution in [0.5, 0.6) is 0 Å². The van der Waals surface area contributed by atoms with E-state index in [1.807, 2.05) is 24.3 Å². The van der Waals surface area contributed by atoms with Crippen LogP contribution in [0.1, 0.15) is 51.5 Å². The lowest BCUT2D eigenvalue weighted by Crippen LogP contribution is -2.38. The van der Waals surface area contributed by atoms with Crippen molar-refractivity contribution in [1.82, 2.24) is 20.0 Å². The number of aromatic nitrogens is 2. The van der Waals surface area contributed by atoms with Gasteiger partial charge in [0.2, 0.25) is 5.95 Å². The van der Waals surface area contributed by atoms with Crippen molar-refractivity contribution in [3.05, 3.63) is 42.2 Å². The van der Waals surface area contributed by atoms with E-state index in [-0.39, 0.29) is 18.4 Å². The lowest BCUT2D eigenvalue weighted by Gasteiger charge is -2.34. The third-order valence-electron chi connectivity index (χ3n) is 5.25. The highest BCUT2D eigenvalue weighted by Crippen LogP contribution is 2.41. The summed E-state index contributed by atoms with van der Waals surface area (Å²) in [6.45, 7) is 5.66. The second kappa shape index (κ2) is 14.5. The Morgan fingerprint density at radius 1 is 1.14 bits per heavy atom. The zero-order chi connectivity index (χ0) is 26.7. The summed E-state index contributed by atoms with van der Waals surface area (Å²) in [6.07, 6.45) is 0.671. The highest BCUT2D eigenvalue weighted by molar-refractivity contribution is 7.97. The number of thiol groups is 1. The number of anilines is 2. The molecule has 0 radical (unpaired) electrons. The number of carbonyl (C=O) groups excluding carboxylic acids is 1. The third kappa shape index (κ3) is 10.8. The second-order valence-electron chi connectivity index (χ2n) is 8.86. The number of halogens is 3. The molecular formula is C24H34F3N5O2S2. The number of hydrogen-bond donors (Lipinski definition) is 4. The Balaban J connectivity index is 0.00000222. The Hall–Kier alpha value is -2.18. The molecule has 3 N–H and O–H groups in total. The van der Waals surface area contributed by atoms with Gasteiger partial charge in [0.1, 0.15) is 0 Å². The number of ether oxygens (including phenoxy) is 1. The number of carbonyl (C=O) groups is 1. The zero-order valence-electron chi connectivity index (χ0n) is 20.8. The largest absolute Gasteiger partial charge is 0.449 e. The van der Waals surface area contributed by atoms with E-state index in [1.165, 1.54) is 6.92 Å². The number of hydrogen-bond acceptors (Lipinski definition) is 8. The van der Waals surface area contributed by atoms with E-state index in [2.05, 4.69) is 51.8 Å². The van der Waals surface area contributed by atoms with Gasteiger partial charge in [-0.05, 0) is 93.5 Å². The molecule has 0 spiro atoms. The molecule has 1 aromatic heterocycles. The first-order valence-electron chi connectivity index (χ1n) is 11.6. The van der Waals surface area contributed by atoms with Gasteiger partial charge in [0.25, 0.3) is 0 Å². The molecule has 12 heteroatoms. The molecule has 36 heavy (non-hydrogen) atoms. The molecule has 1 amide bonds. The molecule has 200 valence electrons. The Morgan fingerprint density at radius 2 is 1.75 bits per heavy atom. The Bertz CT molecular complexity index is 925. The molecule has 1 saturated carbocycles. The number of alkyl carbamates (subject to hydrolysis) is 1. The van der Waals surface area contributed by atoms with Crippen molar-refractivity contribution < 1.29 is 22.7 Å². The van der Waals surface area contributed by atoms with Crippen molar-refractivity contribution in [2.45, 2.75) is 69.1 Å². The molecule has 1 atom stereocenters. The van der Waals surface area contributed by atoms with Crippen LogP contribution in [0.25, 0.3) is 0 Å². The minimum atomic E-state index is -4.32. The minimum absolute atomic E-state index is 0.174. The molecule has 1 unspecified atom stereocenters. The highest BCUT2D eigenvalue weighted by atomic mass is 32.2. The Morgan fingerprint density at radius 3 is 2.31 bits per heavy atom. The number of nitrogens with zero attached hydrogens (tertiary/aromatic N) is 2. The van der Waals surface area contributed by atoms with Gasteiger partial charge in [-0.25, -0.2) is 14.8 Å². The summed E-state index contributed by atoms with van der Waals surface area (Å²) in [5, 5.41) is 5.39. The summed E-state index contributed by atoms with van der Waals surface area (Å²) in [4.78, 5) is 21.6. The van der Waals surface area contributed by atoms with E-state index in [0.29, 0.717) is 12.0 Å². The number of rotatable bonds is 10. The van der Waals surface area contributed by atoms with Gasteiger partial charge < -0.3 is 15.4 Å². The molecule has 2 aromatic rings. The molecular weight excluding hydrogens is 511 g/mol. The minimum Gasteiger partial charge on any atom is -0.449 e. The number of nitrogens with one attached hydrogen (secondary N) is 3. The fourth-order valence-corrected chi connectivity index (χ4v) is 4.16. The molecule has 1 aliphatic rings. The van der Waals surface area contributed by atoms with Crippen LogP contribution in [0.3, 0.4) is 0 Å².